The van der Waals surface area contributed by atoms with Crippen LogP contribution in [0, 0.1) is 0 Å². The highest BCUT2D eigenvalue weighted by Crippen LogP contribution is 2.39. The van der Waals surface area contributed by atoms with Crippen molar-refractivity contribution in [1.29, 1.82) is 0 Å². The van der Waals surface area contributed by atoms with E-state index in [4.69, 9.17) is 0 Å². The Balaban J connectivity index is 1.61. The van der Waals surface area contributed by atoms with E-state index in [1.54, 1.807) is 0 Å². The van der Waals surface area contributed by atoms with Crippen molar-refractivity contribution in [1.82, 2.24) is 0 Å². The second-order valence-corrected chi connectivity index (χ2v) is 9.14. The molecule has 5 aromatic carbocycles. The number of rotatable bonds is 4. The lowest BCUT2D eigenvalue weighted by Crippen LogP contribution is -1.97. The zero-order chi connectivity index (χ0) is 22.2. The molecular weight excluding hydrogens is 396 g/mol. The minimum atomic E-state index is 1.10. The molecule has 0 spiro atoms. The molecule has 0 amide bonds. The van der Waals surface area contributed by atoms with E-state index in [0.29, 0.717) is 0 Å². The van der Waals surface area contributed by atoms with E-state index < -0.39 is 0 Å². The zero-order valence-corrected chi connectivity index (χ0v) is 19.1. The van der Waals surface area contributed by atoms with E-state index in [0.717, 1.165) is 19.3 Å². The summed E-state index contributed by atoms with van der Waals surface area (Å²) < 4.78 is 0. The molecule has 0 radical (unpaired) electrons. The van der Waals surface area contributed by atoms with Crippen LogP contribution in [0.3, 0.4) is 0 Å². The largest absolute Gasteiger partial charge is 0.0836 e. The lowest BCUT2D eigenvalue weighted by molar-refractivity contribution is 0.920. The molecule has 1 aliphatic rings. The molecule has 0 N–H and O–H groups in total. The maximum atomic E-state index is 2.42. The molecule has 1 aliphatic carbocycles. The van der Waals surface area contributed by atoms with Crippen LogP contribution in [0.2, 0.25) is 0 Å². The molecule has 0 heterocycles. The molecule has 0 saturated carbocycles. The summed E-state index contributed by atoms with van der Waals surface area (Å²) in [5.41, 5.74) is 6.97. The summed E-state index contributed by atoms with van der Waals surface area (Å²) in [6, 6.07) is 33.9. The molecular formula is C33H28. The van der Waals surface area contributed by atoms with Gasteiger partial charge in [-0.3, -0.25) is 0 Å². The van der Waals surface area contributed by atoms with Gasteiger partial charge < -0.3 is 0 Å². The predicted octanol–water partition coefficient (Wildman–Crippen LogP) is 9.36. The Morgan fingerprint density at radius 3 is 1.97 bits per heavy atom. The van der Waals surface area contributed by atoms with E-state index in [2.05, 4.69) is 110 Å². The number of benzene rings is 5. The highest BCUT2D eigenvalue weighted by molar-refractivity contribution is 6.25. The first kappa shape index (κ1) is 20.0. The minimum Gasteiger partial charge on any atom is -0.0836 e. The predicted molar refractivity (Wildman–Crippen MR) is 145 cm³/mol. The van der Waals surface area contributed by atoms with Gasteiger partial charge in [0.25, 0.3) is 0 Å². The van der Waals surface area contributed by atoms with Gasteiger partial charge in [0, 0.05) is 0 Å². The summed E-state index contributed by atoms with van der Waals surface area (Å²) in [7, 11) is 0. The van der Waals surface area contributed by atoms with Gasteiger partial charge in [-0.05, 0) is 85.5 Å². The van der Waals surface area contributed by atoms with Gasteiger partial charge in [-0.2, -0.15) is 0 Å². The molecule has 5 aromatic rings. The monoisotopic (exact) mass is 424 g/mol. The van der Waals surface area contributed by atoms with Crippen molar-refractivity contribution in [3.8, 4) is 0 Å². The summed E-state index contributed by atoms with van der Waals surface area (Å²) in [4.78, 5) is 0. The van der Waals surface area contributed by atoms with Crippen molar-refractivity contribution >= 4 is 43.5 Å². The smallest absolute Gasteiger partial charge is 0.00928 e. The average molecular weight is 425 g/mol. The third-order valence-electron chi connectivity index (χ3n) is 7.04. The molecule has 33 heavy (non-hydrogen) atoms. The second-order valence-electron chi connectivity index (χ2n) is 9.14. The molecule has 0 saturated heterocycles. The fraction of sp³-hybridized carbons (Fsp3) is 0.152. The maximum Gasteiger partial charge on any atom is -0.00928 e. The van der Waals surface area contributed by atoms with Crippen LogP contribution in [0.25, 0.3) is 43.5 Å². The zero-order valence-electron chi connectivity index (χ0n) is 19.1. The molecule has 160 valence electrons. The minimum absolute atomic E-state index is 1.10. The van der Waals surface area contributed by atoms with Gasteiger partial charge in [-0.25, -0.2) is 0 Å². The average Bonchev–Trinajstić information content (AvgIpc) is 2.89. The van der Waals surface area contributed by atoms with Crippen molar-refractivity contribution < 1.29 is 0 Å². The lowest BCUT2D eigenvalue weighted by Gasteiger charge is -2.19. The molecule has 6 rings (SSSR count). The highest BCUT2D eigenvalue weighted by Gasteiger charge is 2.15. The summed E-state index contributed by atoms with van der Waals surface area (Å²) in [6.45, 7) is 2.25. The lowest BCUT2D eigenvalue weighted by atomic mass is 9.85. The first-order valence-electron chi connectivity index (χ1n) is 12.2. The van der Waals surface area contributed by atoms with Crippen molar-refractivity contribution in [3.05, 3.63) is 120 Å². The topological polar surface area (TPSA) is 0 Å². The Morgan fingerprint density at radius 2 is 1.27 bits per heavy atom. The van der Waals surface area contributed by atoms with Gasteiger partial charge in [-0.1, -0.05) is 110 Å². The molecule has 0 atom stereocenters. The van der Waals surface area contributed by atoms with Crippen molar-refractivity contribution in [2.45, 2.75) is 32.6 Å². The number of aryl methyl sites for hydroxylation is 1. The molecule has 0 bridgehead atoms. The number of hydrogen-bond acceptors (Lipinski definition) is 0. The molecule has 0 nitrogen and oxygen atoms in total. The normalized spacial score (nSPS) is 14.0. The van der Waals surface area contributed by atoms with Crippen LogP contribution in [-0.2, 0) is 6.42 Å². The Hall–Kier alpha value is -3.64. The van der Waals surface area contributed by atoms with E-state index in [-0.39, 0.29) is 0 Å². The van der Waals surface area contributed by atoms with Gasteiger partial charge >= 0.3 is 0 Å². The van der Waals surface area contributed by atoms with E-state index in [9.17, 15) is 0 Å². The van der Waals surface area contributed by atoms with Crippen LogP contribution in [0.5, 0.6) is 0 Å². The Morgan fingerprint density at radius 1 is 0.606 bits per heavy atom. The third-order valence-corrected chi connectivity index (χ3v) is 7.04. The molecule has 0 aromatic heterocycles. The van der Waals surface area contributed by atoms with Crippen molar-refractivity contribution in [2.75, 3.05) is 0 Å². The fourth-order valence-electron chi connectivity index (χ4n) is 5.51. The Labute approximate surface area is 195 Å². The quantitative estimate of drug-likeness (QED) is 0.252. The van der Waals surface area contributed by atoms with Gasteiger partial charge in [0.1, 0.15) is 0 Å². The van der Waals surface area contributed by atoms with Gasteiger partial charge in [0.2, 0.25) is 0 Å². The molecule has 0 aliphatic heterocycles. The summed E-state index contributed by atoms with van der Waals surface area (Å²) >= 11 is 0. The van der Waals surface area contributed by atoms with E-state index >= 15 is 0 Å². The first-order chi connectivity index (χ1) is 16.3. The van der Waals surface area contributed by atoms with E-state index in [1.807, 2.05) is 0 Å². The van der Waals surface area contributed by atoms with Crippen LogP contribution in [0.15, 0.2) is 103 Å². The standard InChI is InChI=1S/C33H28/c1-2-10-23-11-9-12-24(21-23)26-13-3-4-14-27(26)25-19-20-32-30-17-6-5-15-28(30)29-16-7-8-18-31(29)33(32)22-25/h4-9,11-12,14-22H,2-3,10,13H2,1H3. The molecule has 0 fully saturated rings. The Bertz CT molecular complexity index is 1530. The van der Waals surface area contributed by atoms with Crippen molar-refractivity contribution in [2.24, 2.45) is 0 Å². The van der Waals surface area contributed by atoms with Crippen LogP contribution >= 0.6 is 0 Å². The summed E-state index contributed by atoms with van der Waals surface area (Å²) in [5, 5.41) is 8.00. The molecule has 0 heteroatoms. The van der Waals surface area contributed by atoms with Gasteiger partial charge in [-0.15, -0.1) is 0 Å². The van der Waals surface area contributed by atoms with Crippen LogP contribution in [0.4, 0.5) is 0 Å². The first-order valence-corrected chi connectivity index (χ1v) is 12.2. The maximum absolute atomic E-state index is 2.42. The van der Waals surface area contributed by atoms with E-state index in [1.165, 1.54) is 66.6 Å². The third kappa shape index (κ3) is 3.47. The van der Waals surface area contributed by atoms with Crippen molar-refractivity contribution in [3.63, 3.8) is 0 Å². The van der Waals surface area contributed by atoms with Gasteiger partial charge in [0.15, 0.2) is 0 Å². The van der Waals surface area contributed by atoms with Crippen LogP contribution < -0.4 is 0 Å². The summed E-state index contributed by atoms with van der Waals surface area (Å²) in [5.74, 6) is 0. The number of fused-ring (bicyclic) bond motifs is 6. The number of allylic oxidation sites excluding steroid dienone is 4. The Kier molecular flexibility index (Phi) is 5.07. The van der Waals surface area contributed by atoms with Crippen LogP contribution in [0.1, 0.15) is 42.9 Å². The number of hydrogen-bond donors (Lipinski definition) is 0. The van der Waals surface area contributed by atoms with Gasteiger partial charge in [0.05, 0.1) is 0 Å². The SMILES string of the molecule is CCCc1cccc(C2=C(c3ccc4c5ccccc5c5ccccc5c4c3)C=CCC2)c1. The fourth-order valence-corrected chi connectivity index (χ4v) is 5.51. The highest BCUT2D eigenvalue weighted by atomic mass is 14.2. The summed E-state index contributed by atoms with van der Waals surface area (Å²) in [6.07, 6.45) is 9.20. The second kappa shape index (κ2) is 8.37. The molecule has 0 unspecified atom stereocenters. The van der Waals surface area contributed by atoms with Crippen LogP contribution in [-0.4, -0.2) is 0 Å².